The van der Waals surface area contributed by atoms with Gasteiger partial charge in [-0.05, 0) is 13.0 Å². The number of urea groups is 1. The second-order valence-electron chi connectivity index (χ2n) is 3.66. The molecule has 1 rings (SSSR count). The highest BCUT2D eigenvalue weighted by Crippen LogP contribution is 2.16. The van der Waals surface area contributed by atoms with Gasteiger partial charge in [0.1, 0.15) is 0 Å². The number of likely N-dealkylation sites (tertiary alicyclic amines) is 1. The molecule has 1 saturated heterocycles. The van der Waals surface area contributed by atoms with Gasteiger partial charge >= 0.3 is 12.0 Å². The molecule has 1 unspecified atom stereocenters. The normalized spacial score (nSPS) is 20.4. The predicted octanol–water partition coefficient (Wildman–Crippen LogP) is -1.32. The zero-order chi connectivity index (χ0) is 12.1. The van der Waals surface area contributed by atoms with Crippen LogP contribution in [0.3, 0.4) is 0 Å². The number of nitrogens with two attached hydrogens (primary N) is 1. The highest BCUT2D eigenvalue weighted by atomic mass is 16.5. The Morgan fingerprint density at radius 1 is 1.50 bits per heavy atom. The molecule has 1 fully saturated rings. The highest BCUT2D eigenvalue weighted by molar-refractivity contribution is 5.94. The van der Waals surface area contributed by atoms with Gasteiger partial charge in [-0.1, -0.05) is 0 Å². The van der Waals surface area contributed by atoms with Crippen molar-refractivity contribution in [2.75, 3.05) is 26.7 Å². The van der Waals surface area contributed by atoms with Crippen molar-refractivity contribution in [2.24, 2.45) is 11.7 Å². The quantitative estimate of drug-likeness (QED) is 0.584. The number of hydrogen-bond donors (Lipinski definition) is 2. The monoisotopic (exact) mass is 229 g/mol. The Labute approximate surface area is 92.9 Å². The first-order valence-corrected chi connectivity index (χ1v) is 4.92. The molecule has 7 heteroatoms. The van der Waals surface area contributed by atoms with Crippen LogP contribution in [0.4, 0.5) is 4.79 Å². The molecule has 0 aliphatic carbocycles. The van der Waals surface area contributed by atoms with E-state index in [0.29, 0.717) is 19.5 Å². The van der Waals surface area contributed by atoms with Gasteiger partial charge in [0.25, 0.3) is 0 Å². The number of amides is 3. The molecule has 1 atom stereocenters. The molecular formula is C9H15N3O4. The lowest BCUT2D eigenvalue weighted by Crippen LogP contribution is -2.41. The standard InChI is InChI=1S/C9H15N3O4/c1-16-8(14)6-2-3-12(4-6)5-7(13)11-9(10)15/h6H,2-5H2,1H3,(H3,10,11,13,15). The number of imide groups is 1. The third-order valence-corrected chi connectivity index (χ3v) is 2.44. The second-order valence-corrected chi connectivity index (χ2v) is 3.66. The van der Waals surface area contributed by atoms with Crippen molar-refractivity contribution in [3.8, 4) is 0 Å². The maximum absolute atomic E-state index is 11.2. The van der Waals surface area contributed by atoms with Gasteiger partial charge in [0.05, 0.1) is 19.6 Å². The molecule has 3 amide bonds. The van der Waals surface area contributed by atoms with Gasteiger partial charge in [0, 0.05) is 6.54 Å². The molecule has 0 aromatic carbocycles. The summed E-state index contributed by atoms with van der Waals surface area (Å²) in [6.07, 6.45) is 0.663. The molecule has 0 radical (unpaired) electrons. The van der Waals surface area contributed by atoms with Crippen molar-refractivity contribution in [1.82, 2.24) is 10.2 Å². The summed E-state index contributed by atoms with van der Waals surface area (Å²) in [5.41, 5.74) is 4.80. The van der Waals surface area contributed by atoms with E-state index in [1.807, 2.05) is 5.32 Å². The second kappa shape index (κ2) is 5.45. The minimum Gasteiger partial charge on any atom is -0.469 e. The van der Waals surface area contributed by atoms with E-state index in [1.165, 1.54) is 7.11 Å². The molecule has 1 aliphatic rings. The van der Waals surface area contributed by atoms with Crippen molar-refractivity contribution >= 4 is 17.9 Å². The molecule has 90 valence electrons. The van der Waals surface area contributed by atoms with Crippen LogP contribution >= 0.6 is 0 Å². The van der Waals surface area contributed by atoms with Crippen LogP contribution in [0.15, 0.2) is 0 Å². The van der Waals surface area contributed by atoms with E-state index in [1.54, 1.807) is 4.90 Å². The van der Waals surface area contributed by atoms with Crippen LogP contribution in [0.1, 0.15) is 6.42 Å². The molecule has 0 spiro atoms. The fourth-order valence-corrected chi connectivity index (χ4v) is 1.72. The number of esters is 1. The lowest BCUT2D eigenvalue weighted by Gasteiger charge is -2.13. The van der Waals surface area contributed by atoms with E-state index in [0.717, 1.165) is 0 Å². The Kier molecular flexibility index (Phi) is 4.24. The van der Waals surface area contributed by atoms with Gasteiger partial charge in [-0.15, -0.1) is 0 Å². The molecule has 0 saturated carbocycles. The molecule has 0 aromatic heterocycles. The van der Waals surface area contributed by atoms with E-state index in [9.17, 15) is 14.4 Å². The van der Waals surface area contributed by atoms with Gasteiger partial charge in [-0.25, -0.2) is 4.79 Å². The summed E-state index contributed by atoms with van der Waals surface area (Å²) >= 11 is 0. The Hall–Kier alpha value is -1.63. The van der Waals surface area contributed by atoms with Crippen LogP contribution in [0, 0.1) is 5.92 Å². The number of nitrogens with zero attached hydrogens (tertiary/aromatic N) is 1. The largest absolute Gasteiger partial charge is 0.469 e. The minimum absolute atomic E-state index is 0.0659. The van der Waals surface area contributed by atoms with Crippen molar-refractivity contribution < 1.29 is 19.1 Å². The first kappa shape index (κ1) is 12.4. The van der Waals surface area contributed by atoms with Gasteiger partial charge in [0.2, 0.25) is 5.91 Å². The number of methoxy groups -OCH3 is 1. The van der Waals surface area contributed by atoms with Crippen LogP contribution in [0.2, 0.25) is 0 Å². The maximum Gasteiger partial charge on any atom is 0.318 e. The molecule has 16 heavy (non-hydrogen) atoms. The van der Waals surface area contributed by atoms with Crippen molar-refractivity contribution in [2.45, 2.75) is 6.42 Å². The number of rotatable bonds is 3. The molecule has 1 heterocycles. The van der Waals surface area contributed by atoms with E-state index in [4.69, 9.17) is 5.73 Å². The number of ether oxygens (including phenoxy) is 1. The third kappa shape index (κ3) is 3.50. The van der Waals surface area contributed by atoms with Crippen molar-refractivity contribution in [3.05, 3.63) is 0 Å². The first-order chi connectivity index (χ1) is 7.52. The Morgan fingerprint density at radius 3 is 2.75 bits per heavy atom. The van der Waals surface area contributed by atoms with E-state index in [-0.39, 0.29) is 18.4 Å². The Morgan fingerprint density at radius 2 is 2.19 bits per heavy atom. The predicted molar refractivity (Wildman–Crippen MR) is 54.3 cm³/mol. The Bertz CT molecular complexity index is 305. The summed E-state index contributed by atoms with van der Waals surface area (Å²) in [5, 5.41) is 1.97. The van der Waals surface area contributed by atoms with Gasteiger partial charge in [-0.2, -0.15) is 0 Å². The van der Waals surface area contributed by atoms with Crippen molar-refractivity contribution in [3.63, 3.8) is 0 Å². The molecule has 0 aromatic rings. The molecule has 0 bridgehead atoms. The lowest BCUT2D eigenvalue weighted by atomic mass is 10.1. The maximum atomic E-state index is 11.2. The molecular weight excluding hydrogens is 214 g/mol. The highest BCUT2D eigenvalue weighted by Gasteiger charge is 2.29. The number of carbonyl (C=O) groups excluding carboxylic acids is 3. The van der Waals surface area contributed by atoms with Crippen LogP contribution in [-0.4, -0.2) is 49.6 Å². The summed E-state index contributed by atoms with van der Waals surface area (Å²) in [7, 11) is 1.34. The number of carbonyl (C=O) groups is 3. The summed E-state index contributed by atoms with van der Waals surface area (Å²) in [6.45, 7) is 1.17. The average Bonchev–Trinajstić information content (AvgIpc) is 2.63. The average molecular weight is 229 g/mol. The van der Waals surface area contributed by atoms with Gasteiger partial charge in [0.15, 0.2) is 0 Å². The van der Waals surface area contributed by atoms with Crippen molar-refractivity contribution in [1.29, 1.82) is 0 Å². The topological polar surface area (TPSA) is 102 Å². The molecule has 1 aliphatic heterocycles. The van der Waals surface area contributed by atoms with Crippen LogP contribution < -0.4 is 11.1 Å². The first-order valence-electron chi connectivity index (χ1n) is 4.92. The van der Waals surface area contributed by atoms with Crippen LogP contribution in [0.5, 0.6) is 0 Å². The third-order valence-electron chi connectivity index (χ3n) is 2.44. The molecule has 7 nitrogen and oxygen atoms in total. The SMILES string of the molecule is COC(=O)C1CCN(CC(=O)NC(N)=O)C1. The zero-order valence-electron chi connectivity index (χ0n) is 9.06. The number of nitrogens with one attached hydrogen (secondary N) is 1. The lowest BCUT2D eigenvalue weighted by molar-refractivity contribution is -0.145. The summed E-state index contributed by atoms with van der Waals surface area (Å²) < 4.78 is 4.61. The summed E-state index contributed by atoms with van der Waals surface area (Å²) in [4.78, 5) is 34.6. The minimum atomic E-state index is -0.867. The van der Waals surface area contributed by atoms with E-state index >= 15 is 0 Å². The fourth-order valence-electron chi connectivity index (χ4n) is 1.72. The van der Waals surface area contributed by atoms with Crippen LogP contribution in [0.25, 0.3) is 0 Å². The van der Waals surface area contributed by atoms with E-state index in [2.05, 4.69) is 4.74 Å². The van der Waals surface area contributed by atoms with Gasteiger partial charge in [-0.3, -0.25) is 19.8 Å². The zero-order valence-corrected chi connectivity index (χ0v) is 9.06. The summed E-state index contributed by atoms with van der Waals surface area (Å²) in [5.74, 6) is -0.915. The number of primary amides is 1. The Balaban J connectivity index is 2.34. The van der Waals surface area contributed by atoms with Gasteiger partial charge < -0.3 is 10.5 Å². The number of hydrogen-bond acceptors (Lipinski definition) is 5. The van der Waals surface area contributed by atoms with E-state index < -0.39 is 11.9 Å². The smallest absolute Gasteiger partial charge is 0.318 e. The molecule has 3 N–H and O–H groups in total. The van der Waals surface area contributed by atoms with Crippen LogP contribution in [-0.2, 0) is 14.3 Å². The fraction of sp³-hybridized carbons (Fsp3) is 0.667. The summed E-state index contributed by atoms with van der Waals surface area (Å²) in [6, 6.07) is -0.867.